The molecule has 0 atom stereocenters. The van der Waals surface area contributed by atoms with Gasteiger partial charge in [0.15, 0.2) is 0 Å². The van der Waals surface area contributed by atoms with E-state index in [1.807, 2.05) is 39.0 Å². The highest BCUT2D eigenvalue weighted by atomic mass is 79.9. The first-order valence-corrected chi connectivity index (χ1v) is 5.83. The Morgan fingerprint density at radius 2 is 2.12 bits per heavy atom. The largest absolute Gasteiger partial charge is 0.491 e. The van der Waals surface area contributed by atoms with Gasteiger partial charge in [-0.15, -0.1) is 0 Å². The van der Waals surface area contributed by atoms with Crippen LogP contribution in [0.2, 0.25) is 0 Å². The van der Waals surface area contributed by atoms with Gasteiger partial charge in [-0.2, -0.15) is 0 Å². The van der Waals surface area contributed by atoms with E-state index in [4.69, 9.17) is 10.1 Å². The molecule has 0 saturated carbocycles. The van der Waals surface area contributed by atoms with Crippen molar-refractivity contribution in [3.8, 4) is 5.75 Å². The monoisotopic (exact) mass is 282 g/mol. The van der Waals surface area contributed by atoms with Crippen molar-refractivity contribution in [2.45, 2.75) is 26.9 Å². The summed E-state index contributed by atoms with van der Waals surface area (Å²) in [5.74, 6) is 0.805. The summed E-state index contributed by atoms with van der Waals surface area (Å²) in [5, 5.41) is 6.95. The van der Waals surface area contributed by atoms with Gasteiger partial charge in [0.05, 0.1) is 6.10 Å². The van der Waals surface area contributed by atoms with Crippen molar-refractivity contribution in [2.24, 2.45) is 4.99 Å². The number of nitrogens with one attached hydrogen (secondary N) is 1. The SMILES string of the molecule is C/C(=N/C=N)c1cc(Br)cc(OC(C)C)c1. The van der Waals surface area contributed by atoms with Crippen molar-refractivity contribution in [1.29, 1.82) is 5.41 Å². The molecule has 0 spiro atoms. The molecule has 0 fully saturated rings. The molecule has 0 aliphatic rings. The van der Waals surface area contributed by atoms with Gasteiger partial charge in [0, 0.05) is 15.7 Å². The molecule has 0 unspecified atom stereocenters. The van der Waals surface area contributed by atoms with Gasteiger partial charge in [0.1, 0.15) is 12.1 Å². The molecular weight excluding hydrogens is 268 g/mol. The summed E-state index contributed by atoms with van der Waals surface area (Å²) in [6.07, 6.45) is 1.18. The van der Waals surface area contributed by atoms with Crippen LogP contribution < -0.4 is 4.74 Å². The predicted molar refractivity (Wildman–Crippen MR) is 70.9 cm³/mol. The van der Waals surface area contributed by atoms with Crippen LogP contribution in [0.25, 0.3) is 0 Å². The van der Waals surface area contributed by atoms with Crippen LogP contribution >= 0.6 is 15.9 Å². The molecule has 1 N–H and O–H groups in total. The molecule has 1 aromatic rings. The van der Waals surface area contributed by atoms with Crippen molar-refractivity contribution < 1.29 is 4.74 Å². The summed E-state index contributed by atoms with van der Waals surface area (Å²) >= 11 is 3.43. The number of halogens is 1. The quantitative estimate of drug-likeness (QED) is 0.665. The fourth-order valence-corrected chi connectivity index (χ4v) is 1.76. The number of nitrogens with zero attached hydrogens (tertiary/aromatic N) is 1. The van der Waals surface area contributed by atoms with E-state index in [-0.39, 0.29) is 6.10 Å². The molecule has 0 aliphatic carbocycles. The van der Waals surface area contributed by atoms with Gasteiger partial charge in [-0.1, -0.05) is 15.9 Å². The zero-order valence-electron chi connectivity index (χ0n) is 9.62. The van der Waals surface area contributed by atoms with Gasteiger partial charge >= 0.3 is 0 Å². The van der Waals surface area contributed by atoms with Crippen molar-refractivity contribution in [1.82, 2.24) is 0 Å². The molecule has 0 saturated heterocycles. The summed E-state index contributed by atoms with van der Waals surface area (Å²) in [6, 6.07) is 5.80. The molecule has 86 valence electrons. The molecule has 3 nitrogen and oxygen atoms in total. The Morgan fingerprint density at radius 3 is 2.69 bits per heavy atom. The Labute approximate surface area is 104 Å². The lowest BCUT2D eigenvalue weighted by atomic mass is 10.1. The zero-order valence-corrected chi connectivity index (χ0v) is 11.2. The lowest BCUT2D eigenvalue weighted by Crippen LogP contribution is -2.06. The van der Waals surface area contributed by atoms with Crippen LogP contribution in [0.1, 0.15) is 26.3 Å². The molecule has 0 aliphatic heterocycles. The van der Waals surface area contributed by atoms with Gasteiger partial charge in [-0.25, -0.2) is 4.99 Å². The van der Waals surface area contributed by atoms with Crippen molar-refractivity contribution in [2.75, 3.05) is 0 Å². The standard InChI is InChI=1S/C12H15BrN2O/c1-8(2)16-12-5-10(4-11(13)6-12)9(3)15-7-14/h4-8,14H,1-3H3/b14-7?,15-9-. The van der Waals surface area contributed by atoms with E-state index in [1.54, 1.807) is 0 Å². The van der Waals surface area contributed by atoms with Crippen LogP contribution in [0.5, 0.6) is 5.75 Å². The van der Waals surface area contributed by atoms with Gasteiger partial charge in [-0.3, -0.25) is 5.41 Å². The Bertz CT molecular complexity index is 413. The number of hydrogen-bond acceptors (Lipinski definition) is 2. The molecule has 1 aromatic carbocycles. The fraction of sp³-hybridized carbons (Fsp3) is 0.333. The lowest BCUT2D eigenvalue weighted by molar-refractivity contribution is 0.242. The maximum absolute atomic E-state index is 6.95. The second-order valence-electron chi connectivity index (χ2n) is 3.69. The summed E-state index contributed by atoms with van der Waals surface area (Å²) < 4.78 is 6.57. The Morgan fingerprint density at radius 1 is 1.44 bits per heavy atom. The number of hydrogen-bond donors (Lipinski definition) is 1. The molecule has 0 heterocycles. The Hall–Kier alpha value is -1.16. The van der Waals surface area contributed by atoms with Gasteiger partial charge in [0.2, 0.25) is 0 Å². The number of aliphatic imine (C=N–C) groups is 1. The average molecular weight is 283 g/mol. The first kappa shape index (κ1) is 12.9. The molecule has 16 heavy (non-hydrogen) atoms. The van der Waals surface area contributed by atoms with Gasteiger partial charge in [-0.05, 0) is 39.0 Å². The molecule has 0 aromatic heterocycles. The third-order valence-corrected chi connectivity index (χ3v) is 2.38. The van der Waals surface area contributed by atoms with E-state index in [0.717, 1.165) is 27.8 Å². The van der Waals surface area contributed by atoms with Gasteiger partial charge in [0.25, 0.3) is 0 Å². The average Bonchev–Trinajstić information content (AvgIpc) is 2.15. The van der Waals surface area contributed by atoms with E-state index < -0.39 is 0 Å². The molecule has 4 heteroatoms. The Kier molecular flexibility index (Phi) is 4.68. The van der Waals surface area contributed by atoms with E-state index in [1.165, 1.54) is 0 Å². The molecular formula is C12H15BrN2O. The topological polar surface area (TPSA) is 45.4 Å². The first-order valence-electron chi connectivity index (χ1n) is 5.04. The molecule has 0 bridgehead atoms. The minimum absolute atomic E-state index is 0.141. The minimum Gasteiger partial charge on any atom is -0.491 e. The maximum atomic E-state index is 6.95. The highest BCUT2D eigenvalue weighted by Crippen LogP contribution is 2.22. The number of benzene rings is 1. The smallest absolute Gasteiger partial charge is 0.121 e. The van der Waals surface area contributed by atoms with Crippen molar-refractivity contribution in [3.05, 3.63) is 28.2 Å². The maximum Gasteiger partial charge on any atom is 0.121 e. The molecule has 0 amide bonds. The first-order chi connectivity index (χ1) is 7.52. The summed E-state index contributed by atoms with van der Waals surface area (Å²) in [7, 11) is 0. The van der Waals surface area contributed by atoms with Crippen molar-refractivity contribution in [3.63, 3.8) is 0 Å². The minimum atomic E-state index is 0.141. The van der Waals surface area contributed by atoms with Crippen LogP contribution in [0.4, 0.5) is 0 Å². The van der Waals surface area contributed by atoms with Crippen molar-refractivity contribution >= 4 is 28.0 Å². The van der Waals surface area contributed by atoms with Crippen LogP contribution in [-0.4, -0.2) is 18.2 Å². The van der Waals surface area contributed by atoms with Crippen LogP contribution in [0, 0.1) is 5.41 Å². The third-order valence-electron chi connectivity index (χ3n) is 1.92. The molecule has 0 radical (unpaired) electrons. The molecule has 1 rings (SSSR count). The van der Waals surface area contributed by atoms with Crippen LogP contribution in [0.15, 0.2) is 27.7 Å². The second-order valence-corrected chi connectivity index (χ2v) is 4.60. The van der Waals surface area contributed by atoms with Crippen LogP contribution in [0.3, 0.4) is 0 Å². The summed E-state index contributed by atoms with van der Waals surface area (Å²) in [6.45, 7) is 5.84. The normalized spacial score (nSPS) is 11.7. The van der Waals surface area contributed by atoms with Gasteiger partial charge < -0.3 is 4.74 Å². The fourth-order valence-electron chi connectivity index (χ4n) is 1.28. The predicted octanol–water partition coefficient (Wildman–Crippen LogP) is 3.65. The third kappa shape index (κ3) is 3.77. The van der Waals surface area contributed by atoms with E-state index >= 15 is 0 Å². The van der Waals surface area contributed by atoms with E-state index in [0.29, 0.717) is 0 Å². The highest BCUT2D eigenvalue weighted by molar-refractivity contribution is 9.10. The summed E-state index contributed by atoms with van der Waals surface area (Å²) in [5.41, 5.74) is 1.75. The number of ether oxygens (including phenoxy) is 1. The van der Waals surface area contributed by atoms with E-state index in [9.17, 15) is 0 Å². The summed E-state index contributed by atoms with van der Waals surface area (Å²) in [4.78, 5) is 3.94. The highest BCUT2D eigenvalue weighted by Gasteiger charge is 2.04. The zero-order chi connectivity index (χ0) is 12.1. The second kappa shape index (κ2) is 5.80. The van der Waals surface area contributed by atoms with E-state index in [2.05, 4.69) is 20.9 Å². The van der Waals surface area contributed by atoms with Crippen LogP contribution in [-0.2, 0) is 0 Å². The lowest BCUT2D eigenvalue weighted by Gasteiger charge is -2.11. The number of rotatable bonds is 4. The Balaban J connectivity index is 3.07.